The van der Waals surface area contributed by atoms with E-state index in [9.17, 15) is 0 Å². The second-order valence-corrected chi connectivity index (χ2v) is 16.3. The molecule has 1 aliphatic rings. The van der Waals surface area contributed by atoms with Crippen molar-refractivity contribution in [2.75, 3.05) is 30.9 Å². The lowest BCUT2D eigenvalue weighted by atomic mass is 10.2. The first kappa shape index (κ1) is 28.8. The molecule has 0 unspecified atom stereocenters. The maximum atomic E-state index is 15.1. The molecule has 2 aromatic heterocycles. The van der Waals surface area contributed by atoms with Gasteiger partial charge in [0.25, 0.3) is 8.32 Å². The molecule has 6 nitrogen and oxygen atoms in total. The van der Waals surface area contributed by atoms with Crippen molar-refractivity contribution in [3.8, 4) is 5.88 Å². The summed E-state index contributed by atoms with van der Waals surface area (Å²) < 4.78 is 28.4. The molecule has 2 aromatic carbocycles. The lowest BCUT2D eigenvalue weighted by Gasteiger charge is -2.43. The third-order valence-corrected chi connectivity index (χ3v) is 13.3. The Kier molecular flexibility index (Phi) is 8.38. The molecule has 0 aliphatic carbocycles. The maximum Gasteiger partial charge on any atom is 0.261 e. The molecule has 210 valence electrons. The Morgan fingerprint density at radius 1 is 1.05 bits per heavy atom. The van der Waals surface area contributed by atoms with Gasteiger partial charge in [-0.2, -0.15) is 4.98 Å². The number of benzene rings is 2. The highest BCUT2D eigenvalue weighted by Crippen LogP contribution is 2.40. The van der Waals surface area contributed by atoms with Crippen LogP contribution in [0.1, 0.15) is 34.1 Å². The first-order chi connectivity index (χ1) is 19.2. The number of hydrogen-bond donors (Lipinski definition) is 0. The van der Waals surface area contributed by atoms with E-state index in [1.807, 2.05) is 18.4 Å². The Hall–Kier alpha value is -2.72. The number of hydrogen-bond acceptors (Lipinski definition) is 7. The summed E-state index contributed by atoms with van der Waals surface area (Å²) in [7, 11) is -2.69. The highest BCUT2D eigenvalue weighted by molar-refractivity contribution is 7.98. The topological polar surface area (TPSA) is 60.4 Å². The van der Waals surface area contributed by atoms with Gasteiger partial charge < -0.3 is 14.1 Å². The highest BCUT2D eigenvalue weighted by Gasteiger charge is 2.50. The van der Waals surface area contributed by atoms with Crippen LogP contribution in [0.15, 0.2) is 65.8 Å². The van der Waals surface area contributed by atoms with Gasteiger partial charge in [-0.05, 0) is 35.0 Å². The average Bonchev–Trinajstić information content (AvgIpc) is 3.10. The van der Waals surface area contributed by atoms with E-state index in [-0.39, 0.29) is 27.6 Å². The second-order valence-electron chi connectivity index (χ2n) is 10.8. The minimum atomic E-state index is -2.69. The van der Waals surface area contributed by atoms with E-state index in [4.69, 9.17) is 25.7 Å². The summed E-state index contributed by atoms with van der Waals surface area (Å²) in [5, 5.41) is 3.02. The summed E-state index contributed by atoms with van der Waals surface area (Å²) in [6.07, 6.45) is 2.55. The molecule has 0 amide bonds. The van der Waals surface area contributed by atoms with Crippen molar-refractivity contribution in [2.24, 2.45) is 0 Å². The monoisotopic (exact) mass is 596 g/mol. The Balaban J connectivity index is 1.51. The minimum absolute atomic E-state index is 0.0768. The van der Waals surface area contributed by atoms with E-state index in [0.29, 0.717) is 42.5 Å². The van der Waals surface area contributed by atoms with E-state index in [1.165, 1.54) is 22.1 Å². The lowest BCUT2D eigenvalue weighted by Crippen LogP contribution is -2.66. The van der Waals surface area contributed by atoms with Gasteiger partial charge in [-0.15, -0.1) is 0 Å². The van der Waals surface area contributed by atoms with Gasteiger partial charge in [0.2, 0.25) is 5.88 Å². The second kappa shape index (κ2) is 11.6. The van der Waals surface area contributed by atoms with Gasteiger partial charge in [0.1, 0.15) is 23.3 Å². The highest BCUT2D eigenvalue weighted by atomic mass is 35.5. The Bertz CT molecular complexity index is 1450. The number of thioether (sulfide) groups is 1. The molecule has 0 spiro atoms. The fourth-order valence-electron chi connectivity index (χ4n) is 5.67. The molecule has 5 rings (SSSR count). The van der Waals surface area contributed by atoms with Crippen molar-refractivity contribution in [2.45, 2.75) is 50.4 Å². The van der Waals surface area contributed by atoms with E-state index >= 15 is 4.39 Å². The molecule has 0 saturated heterocycles. The SMILES string of the molecule is CCN1c2nc(SC)nc3c(F)c(Cl)nc(c23)OC[C@@H]1CCO[Si](c1ccccc1)(c1ccccc1)C(C)(C)C. The molecule has 0 saturated carbocycles. The van der Waals surface area contributed by atoms with Crippen molar-refractivity contribution in [1.29, 1.82) is 0 Å². The quantitative estimate of drug-likeness (QED) is 0.105. The molecule has 0 fully saturated rings. The molecule has 0 radical (unpaired) electrons. The van der Waals surface area contributed by atoms with E-state index < -0.39 is 14.1 Å². The molecule has 40 heavy (non-hydrogen) atoms. The summed E-state index contributed by atoms with van der Waals surface area (Å²) >= 11 is 7.49. The number of halogens is 2. The number of rotatable bonds is 8. The van der Waals surface area contributed by atoms with Gasteiger partial charge in [0, 0.05) is 13.2 Å². The van der Waals surface area contributed by atoms with Crippen LogP contribution in [0, 0.1) is 5.82 Å². The van der Waals surface area contributed by atoms with E-state index in [2.05, 4.69) is 91.1 Å². The summed E-state index contributed by atoms with van der Waals surface area (Å²) in [5.74, 6) is 0.216. The van der Waals surface area contributed by atoms with Gasteiger partial charge in [-0.25, -0.2) is 14.4 Å². The molecule has 3 heterocycles. The fourth-order valence-corrected chi connectivity index (χ4v) is 10.8. The minimum Gasteiger partial charge on any atom is -0.475 e. The standard InChI is InChI=1S/C30H34ClFN4O2SSi/c1-6-36-20(19-37-28-23-25(24(32)26(31)34-28)33-29(39-5)35-27(23)36)17-18-38-40(30(2,3)4,21-13-9-7-10-14-21)22-15-11-8-12-16-22/h7-16,20H,6,17-19H2,1-5H3/t20-/m0/s1. The summed E-state index contributed by atoms with van der Waals surface area (Å²) in [5.41, 5.74) is 0.131. The summed E-state index contributed by atoms with van der Waals surface area (Å²) in [6, 6.07) is 21.1. The normalized spacial score (nSPS) is 15.7. The van der Waals surface area contributed by atoms with Crippen LogP contribution < -0.4 is 20.0 Å². The molecule has 10 heteroatoms. The summed E-state index contributed by atoms with van der Waals surface area (Å²) in [4.78, 5) is 15.6. The van der Waals surface area contributed by atoms with Crippen LogP contribution in [0.25, 0.3) is 10.9 Å². The number of aromatic nitrogens is 3. The number of likely N-dealkylation sites (N-methyl/N-ethyl adjacent to an activating group) is 1. The summed E-state index contributed by atoms with van der Waals surface area (Å²) in [6.45, 7) is 10.4. The zero-order valence-electron chi connectivity index (χ0n) is 23.4. The molecule has 0 bridgehead atoms. The zero-order chi connectivity index (χ0) is 28.5. The molecule has 4 aromatic rings. The predicted octanol–water partition coefficient (Wildman–Crippen LogP) is 6.09. The Morgan fingerprint density at radius 2 is 1.68 bits per heavy atom. The molecular weight excluding hydrogens is 563 g/mol. The third kappa shape index (κ3) is 5.09. The number of nitrogens with zero attached hydrogens (tertiary/aromatic N) is 4. The van der Waals surface area contributed by atoms with Crippen molar-refractivity contribution in [1.82, 2.24) is 15.0 Å². The molecule has 0 N–H and O–H groups in total. The van der Waals surface area contributed by atoms with Crippen LogP contribution >= 0.6 is 23.4 Å². The zero-order valence-corrected chi connectivity index (χ0v) is 26.0. The van der Waals surface area contributed by atoms with Gasteiger partial charge in [-0.3, -0.25) is 0 Å². The van der Waals surface area contributed by atoms with Gasteiger partial charge in [-0.1, -0.05) is 105 Å². The Labute approximate surface area is 245 Å². The molecular formula is C30H34ClFN4O2SSi. The molecule has 1 atom stereocenters. The number of pyridine rings is 1. The number of anilines is 1. The van der Waals surface area contributed by atoms with Crippen LogP contribution in [0.2, 0.25) is 10.2 Å². The fraction of sp³-hybridized carbons (Fsp3) is 0.367. The third-order valence-electron chi connectivity index (χ3n) is 7.51. The Morgan fingerprint density at radius 3 is 2.23 bits per heavy atom. The van der Waals surface area contributed by atoms with Crippen molar-refractivity contribution < 1.29 is 13.6 Å². The first-order valence-electron chi connectivity index (χ1n) is 13.5. The number of ether oxygens (including phenoxy) is 1. The average molecular weight is 597 g/mol. The van der Waals surface area contributed by atoms with Crippen LogP contribution in [0.3, 0.4) is 0 Å². The maximum absolute atomic E-state index is 15.1. The van der Waals surface area contributed by atoms with Crippen LogP contribution in [0.5, 0.6) is 5.88 Å². The van der Waals surface area contributed by atoms with Crippen molar-refractivity contribution >= 4 is 58.8 Å². The largest absolute Gasteiger partial charge is 0.475 e. The van der Waals surface area contributed by atoms with E-state index in [1.54, 1.807) is 0 Å². The van der Waals surface area contributed by atoms with E-state index in [0.717, 1.165) is 0 Å². The van der Waals surface area contributed by atoms with Gasteiger partial charge in [0.05, 0.1) is 6.04 Å². The first-order valence-corrected chi connectivity index (χ1v) is 17.0. The predicted molar refractivity (Wildman–Crippen MR) is 165 cm³/mol. The molecule has 1 aliphatic heterocycles. The van der Waals surface area contributed by atoms with Gasteiger partial charge in [0.15, 0.2) is 16.1 Å². The van der Waals surface area contributed by atoms with Crippen LogP contribution in [-0.2, 0) is 4.43 Å². The van der Waals surface area contributed by atoms with Crippen molar-refractivity contribution in [3.63, 3.8) is 0 Å². The van der Waals surface area contributed by atoms with Crippen LogP contribution in [0.4, 0.5) is 10.2 Å². The lowest BCUT2D eigenvalue weighted by molar-refractivity contribution is 0.232. The van der Waals surface area contributed by atoms with Gasteiger partial charge >= 0.3 is 0 Å². The smallest absolute Gasteiger partial charge is 0.261 e. The van der Waals surface area contributed by atoms with Crippen molar-refractivity contribution in [3.05, 3.63) is 71.6 Å². The van der Waals surface area contributed by atoms with Crippen LogP contribution in [-0.4, -0.2) is 55.3 Å².